The van der Waals surface area contributed by atoms with Gasteiger partial charge in [-0.1, -0.05) is 18.0 Å². The molecule has 1 aliphatic carbocycles. The molecule has 2 aromatic rings. The summed E-state index contributed by atoms with van der Waals surface area (Å²) in [4.78, 5) is 22.6. The Balaban J connectivity index is 1.89. The molecule has 0 spiro atoms. The van der Waals surface area contributed by atoms with Crippen molar-refractivity contribution >= 4 is 38.9 Å². The molecule has 9 heteroatoms. The predicted molar refractivity (Wildman–Crippen MR) is 106 cm³/mol. The van der Waals surface area contributed by atoms with E-state index in [4.69, 9.17) is 11.6 Å². The van der Waals surface area contributed by atoms with Gasteiger partial charge in [-0.3, -0.25) is 14.7 Å². The van der Waals surface area contributed by atoms with Gasteiger partial charge in [0.1, 0.15) is 0 Å². The Morgan fingerprint density at radius 2 is 2.11 bits per heavy atom. The molecule has 2 atom stereocenters. The molecule has 1 heterocycles. The van der Waals surface area contributed by atoms with Crippen molar-refractivity contribution in [3.8, 4) is 0 Å². The second-order valence-corrected chi connectivity index (χ2v) is 9.37. The standard InChI is InChI=1S/C19H22ClN3O4S/c1-28(26,27)17-7-6-14(11-15(17)20)23(18-12-21-9-10-22-18)19(25)8-5-13-3-2-4-16(13)24/h6-7,9-13,16,24H,2-5,8H2,1H3/t13?,16-/m1/s1. The lowest BCUT2D eigenvalue weighted by Gasteiger charge is -2.23. The monoisotopic (exact) mass is 423 g/mol. The van der Waals surface area contributed by atoms with Gasteiger partial charge in [-0.05, 0) is 43.4 Å². The summed E-state index contributed by atoms with van der Waals surface area (Å²) in [5, 5.41) is 10.0. The first-order valence-electron chi connectivity index (χ1n) is 9.04. The lowest BCUT2D eigenvalue weighted by atomic mass is 9.99. The van der Waals surface area contributed by atoms with Crippen LogP contribution >= 0.6 is 11.6 Å². The number of hydrogen-bond donors (Lipinski definition) is 1. The number of anilines is 2. The van der Waals surface area contributed by atoms with Gasteiger partial charge in [-0.15, -0.1) is 0 Å². The highest BCUT2D eigenvalue weighted by atomic mass is 35.5. The highest BCUT2D eigenvalue weighted by molar-refractivity contribution is 7.90. The summed E-state index contributed by atoms with van der Waals surface area (Å²) in [5.41, 5.74) is 0.412. The average molecular weight is 424 g/mol. The van der Waals surface area contributed by atoms with Crippen LogP contribution in [0, 0.1) is 5.92 Å². The molecule has 7 nitrogen and oxygen atoms in total. The Labute approximate surface area is 169 Å². The average Bonchev–Trinajstić information content (AvgIpc) is 3.05. The van der Waals surface area contributed by atoms with E-state index in [1.807, 2.05) is 0 Å². The third kappa shape index (κ3) is 4.68. The number of halogens is 1. The van der Waals surface area contributed by atoms with E-state index in [1.54, 1.807) is 0 Å². The smallest absolute Gasteiger partial charge is 0.232 e. The molecule has 1 amide bonds. The first-order chi connectivity index (χ1) is 13.3. The summed E-state index contributed by atoms with van der Waals surface area (Å²) < 4.78 is 23.6. The summed E-state index contributed by atoms with van der Waals surface area (Å²) in [6, 6.07) is 4.35. The molecule has 0 saturated heterocycles. The normalized spacial score (nSPS) is 19.5. The Kier molecular flexibility index (Phi) is 6.32. The molecule has 1 unspecified atom stereocenters. The minimum atomic E-state index is -3.48. The van der Waals surface area contributed by atoms with Gasteiger partial charge < -0.3 is 5.11 Å². The zero-order valence-corrected chi connectivity index (χ0v) is 17.0. The van der Waals surface area contributed by atoms with Crippen LogP contribution in [-0.2, 0) is 14.6 Å². The van der Waals surface area contributed by atoms with Crippen molar-refractivity contribution in [2.24, 2.45) is 5.92 Å². The van der Waals surface area contributed by atoms with E-state index in [2.05, 4.69) is 9.97 Å². The van der Waals surface area contributed by atoms with Crippen LogP contribution in [-0.4, -0.2) is 41.8 Å². The minimum absolute atomic E-state index is 0.00135. The molecular formula is C19H22ClN3O4S. The van der Waals surface area contributed by atoms with E-state index >= 15 is 0 Å². The van der Waals surface area contributed by atoms with Gasteiger partial charge in [0.25, 0.3) is 0 Å². The Hall–Kier alpha value is -2.03. The molecule has 0 aliphatic heterocycles. The summed E-state index contributed by atoms with van der Waals surface area (Å²) in [5.74, 6) is 0.217. The van der Waals surface area contributed by atoms with Gasteiger partial charge >= 0.3 is 0 Å². The number of sulfone groups is 1. The maximum absolute atomic E-state index is 13.0. The molecule has 1 N–H and O–H groups in total. The number of benzene rings is 1. The third-order valence-electron chi connectivity index (χ3n) is 4.95. The van der Waals surface area contributed by atoms with Crippen LogP contribution in [0.5, 0.6) is 0 Å². The van der Waals surface area contributed by atoms with E-state index in [1.165, 1.54) is 41.7 Å². The number of hydrogen-bond acceptors (Lipinski definition) is 6. The first kappa shape index (κ1) is 20.7. The highest BCUT2D eigenvalue weighted by Crippen LogP contribution is 2.33. The van der Waals surface area contributed by atoms with E-state index in [0.717, 1.165) is 25.5 Å². The molecule has 0 bridgehead atoms. The van der Waals surface area contributed by atoms with Crippen molar-refractivity contribution in [3.63, 3.8) is 0 Å². The largest absolute Gasteiger partial charge is 0.393 e. The van der Waals surface area contributed by atoms with Crippen LogP contribution in [0.25, 0.3) is 0 Å². The van der Waals surface area contributed by atoms with Crippen molar-refractivity contribution in [2.75, 3.05) is 11.2 Å². The molecule has 0 radical (unpaired) electrons. The molecule has 1 aliphatic rings. The van der Waals surface area contributed by atoms with Gasteiger partial charge in [0, 0.05) is 25.1 Å². The molecule has 3 rings (SSSR count). The van der Waals surface area contributed by atoms with E-state index in [9.17, 15) is 18.3 Å². The van der Waals surface area contributed by atoms with Crippen LogP contribution in [0.15, 0.2) is 41.7 Å². The fourth-order valence-corrected chi connectivity index (χ4v) is 4.84. The van der Waals surface area contributed by atoms with E-state index in [-0.39, 0.29) is 34.3 Å². The van der Waals surface area contributed by atoms with E-state index < -0.39 is 9.84 Å². The second kappa shape index (κ2) is 8.55. The van der Waals surface area contributed by atoms with Crippen molar-refractivity contribution in [1.82, 2.24) is 9.97 Å². The van der Waals surface area contributed by atoms with Crippen molar-refractivity contribution in [2.45, 2.75) is 43.1 Å². The first-order valence-corrected chi connectivity index (χ1v) is 11.3. The topological polar surface area (TPSA) is 100 Å². The lowest BCUT2D eigenvalue weighted by Crippen LogP contribution is -2.28. The Morgan fingerprint density at radius 1 is 1.32 bits per heavy atom. The molecular weight excluding hydrogens is 402 g/mol. The zero-order chi connectivity index (χ0) is 20.3. The summed E-state index contributed by atoms with van der Waals surface area (Å²) >= 11 is 6.16. The van der Waals surface area contributed by atoms with E-state index in [0.29, 0.717) is 17.9 Å². The maximum Gasteiger partial charge on any atom is 0.232 e. The van der Waals surface area contributed by atoms with Crippen LogP contribution < -0.4 is 4.90 Å². The third-order valence-corrected chi connectivity index (χ3v) is 6.53. The molecule has 28 heavy (non-hydrogen) atoms. The molecule has 1 aromatic carbocycles. The molecule has 150 valence electrons. The van der Waals surface area contributed by atoms with Crippen LogP contribution in [0.4, 0.5) is 11.5 Å². The highest BCUT2D eigenvalue weighted by Gasteiger charge is 2.28. The number of amides is 1. The van der Waals surface area contributed by atoms with Crippen LogP contribution in [0.1, 0.15) is 32.1 Å². The molecule has 1 saturated carbocycles. The SMILES string of the molecule is CS(=O)(=O)c1ccc(N(C(=O)CCC2CCC[C@H]2O)c2cnccn2)cc1Cl. The number of aliphatic hydroxyl groups is 1. The zero-order valence-electron chi connectivity index (χ0n) is 15.5. The summed E-state index contributed by atoms with van der Waals surface area (Å²) in [6.07, 6.45) is 8.60. The quantitative estimate of drug-likeness (QED) is 0.765. The van der Waals surface area contributed by atoms with Crippen molar-refractivity contribution in [1.29, 1.82) is 0 Å². The number of nitrogens with zero attached hydrogens (tertiary/aromatic N) is 3. The Morgan fingerprint density at radius 3 is 2.68 bits per heavy atom. The molecule has 1 fully saturated rings. The predicted octanol–water partition coefficient (Wildman–Crippen LogP) is 3.14. The number of carbonyl (C=O) groups excluding carboxylic acids is 1. The number of rotatable bonds is 6. The minimum Gasteiger partial charge on any atom is -0.393 e. The second-order valence-electron chi connectivity index (χ2n) is 6.98. The fraction of sp³-hybridized carbons (Fsp3) is 0.421. The van der Waals surface area contributed by atoms with Gasteiger partial charge in [0.2, 0.25) is 5.91 Å². The Bertz CT molecular complexity index is 953. The van der Waals surface area contributed by atoms with Crippen LogP contribution in [0.3, 0.4) is 0 Å². The number of carbonyl (C=O) groups is 1. The lowest BCUT2D eigenvalue weighted by molar-refractivity contribution is -0.118. The van der Waals surface area contributed by atoms with Crippen molar-refractivity contribution in [3.05, 3.63) is 41.8 Å². The van der Waals surface area contributed by atoms with Gasteiger partial charge in [0.15, 0.2) is 15.7 Å². The van der Waals surface area contributed by atoms with Crippen molar-refractivity contribution < 1.29 is 18.3 Å². The van der Waals surface area contributed by atoms with Gasteiger partial charge in [0.05, 0.1) is 27.9 Å². The fourth-order valence-electron chi connectivity index (χ4n) is 3.51. The summed E-state index contributed by atoms with van der Waals surface area (Å²) in [6.45, 7) is 0. The van der Waals surface area contributed by atoms with Gasteiger partial charge in [-0.2, -0.15) is 0 Å². The number of aromatic nitrogens is 2. The maximum atomic E-state index is 13.0. The molecule has 1 aromatic heterocycles. The van der Waals surface area contributed by atoms with Gasteiger partial charge in [-0.25, -0.2) is 13.4 Å². The van der Waals surface area contributed by atoms with Crippen LogP contribution in [0.2, 0.25) is 5.02 Å². The summed E-state index contributed by atoms with van der Waals surface area (Å²) in [7, 11) is -3.48. The number of aliphatic hydroxyl groups excluding tert-OH is 1.